The van der Waals surface area contributed by atoms with Crippen molar-refractivity contribution in [2.75, 3.05) is 0 Å². The molecule has 1 N–H and O–H groups in total. The van der Waals surface area contributed by atoms with Crippen LogP contribution in [0.25, 0.3) is 0 Å². The van der Waals surface area contributed by atoms with Crippen molar-refractivity contribution in [2.45, 2.75) is 82.4 Å². The first kappa shape index (κ1) is 23.9. The fraction of sp³-hybridized carbons (Fsp3) is 0.667. The molecule has 0 bridgehead atoms. The van der Waals surface area contributed by atoms with Gasteiger partial charge in [0.05, 0.1) is 4.90 Å². The fourth-order valence-corrected chi connectivity index (χ4v) is 3.25. The molecule has 1 rings (SSSR count). The third-order valence-electron chi connectivity index (χ3n) is 4.13. The molecule has 0 spiro atoms. The van der Waals surface area contributed by atoms with Crippen molar-refractivity contribution in [3.05, 3.63) is 23.8 Å². The largest absolute Gasteiger partial charge is 1.00 e. The number of hydrogen-bond donors (Lipinski definition) is 1. The van der Waals surface area contributed by atoms with Gasteiger partial charge in [-0.15, -0.1) is 5.75 Å². The van der Waals surface area contributed by atoms with Gasteiger partial charge in [-0.05, 0) is 25.0 Å². The molecule has 0 saturated heterocycles. The maximum Gasteiger partial charge on any atom is 1.00 e. The zero-order chi connectivity index (χ0) is 17.1. The van der Waals surface area contributed by atoms with E-state index in [1.54, 1.807) is 0 Å². The van der Waals surface area contributed by atoms with E-state index in [0.717, 1.165) is 25.3 Å². The van der Waals surface area contributed by atoms with Gasteiger partial charge in [-0.25, -0.2) is 0 Å². The monoisotopic (exact) mass is 364 g/mol. The Balaban J connectivity index is 0.00000529. The SMILES string of the molecule is CCCCCCCCCCCCc1cc(S(=O)(=O)O)ccc1[O-].[Na+]. The summed E-state index contributed by atoms with van der Waals surface area (Å²) >= 11 is 0. The summed E-state index contributed by atoms with van der Waals surface area (Å²) in [5, 5.41) is 11.7. The second-order valence-electron chi connectivity index (χ2n) is 6.18. The van der Waals surface area contributed by atoms with Gasteiger partial charge in [-0.2, -0.15) is 8.42 Å². The van der Waals surface area contributed by atoms with Crippen molar-refractivity contribution in [2.24, 2.45) is 0 Å². The number of unbranched alkanes of at least 4 members (excludes halogenated alkanes) is 9. The van der Waals surface area contributed by atoms with Gasteiger partial charge >= 0.3 is 29.6 Å². The minimum absolute atomic E-state index is 0. The van der Waals surface area contributed by atoms with Crippen LogP contribution in [0.5, 0.6) is 5.75 Å². The average molecular weight is 364 g/mol. The first-order chi connectivity index (χ1) is 10.9. The minimum Gasteiger partial charge on any atom is -0.872 e. The van der Waals surface area contributed by atoms with Crippen LogP contribution in [0.1, 0.15) is 76.7 Å². The van der Waals surface area contributed by atoms with E-state index in [-0.39, 0.29) is 40.2 Å². The molecule has 0 fully saturated rings. The van der Waals surface area contributed by atoms with Crippen molar-refractivity contribution in [3.8, 4) is 5.75 Å². The van der Waals surface area contributed by atoms with Crippen LogP contribution in [0.15, 0.2) is 23.1 Å². The van der Waals surface area contributed by atoms with Crippen LogP contribution in [-0.4, -0.2) is 13.0 Å². The number of rotatable bonds is 12. The van der Waals surface area contributed by atoms with Crippen molar-refractivity contribution < 1.29 is 47.6 Å². The molecule has 4 nitrogen and oxygen atoms in total. The maximum absolute atomic E-state index is 11.7. The molecule has 0 aliphatic rings. The molecule has 1 aromatic carbocycles. The Labute approximate surface area is 169 Å². The van der Waals surface area contributed by atoms with Crippen LogP contribution < -0.4 is 34.7 Å². The van der Waals surface area contributed by atoms with Crippen LogP contribution in [0.2, 0.25) is 0 Å². The Morgan fingerprint density at radius 1 is 0.917 bits per heavy atom. The number of benzene rings is 1. The summed E-state index contributed by atoms with van der Waals surface area (Å²) in [6.45, 7) is 2.22. The van der Waals surface area contributed by atoms with Crippen LogP contribution in [0.3, 0.4) is 0 Å². The standard InChI is InChI=1S/C18H30O4S.Na/c1-2-3-4-5-6-7-8-9-10-11-12-16-15-17(23(20,21)22)13-14-18(16)19;/h13-15,19H,2-12H2,1H3,(H,20,21,22);/q;+1/p-1. The molecule has 24 heavy (non-hydrogen) atoms. The molecule has 0 amide bonds. The van der Waals surface area contributed by atoms with Crippen molar-refractivity contribution in [1.82, 2.24) is 0 Å². The summed E-state index contributed by atoms with van der Waals surface area (Å²) in [7, 11) is -4.23. The smallest absolute Gasteiger partial charge is 0.872 e. The van der Waals surface area contributed by atoms with Gasteiger partial charge in [0, 0.05) is 0 Å². The molecule has 6 heteroatoms. The van der Waals surface area contributed by atoms with Gasteiger partial charge < -0.3 is 5.11 Å². The average Bonchev–Trinajstić information content (AvgIpc) is 2.49. The molecule has 0 atom stereocenters. The second-order valence-corrected chi connectivity index (χ2v) is 7.60. The van der Waals surface area contributed by atoms with E-state index in [1.807, 2.05) is 0 Å². The molecule has 1 aromatic rings. The number of hydrogen-bond acceptors (Lipinski definition) is 3. The fourth-order valence-electron chi connectivity index (χ4n) is 2.71. The summed E-state index contributed by atoms with van der Waals surface area (Å²) in [5.41, 5.74) is 0.472. The predicted octanol–water partition coefficient (Wildman–Crippen LogP) is 1.47. The molecule has 0 radical (unpaired) electrons. The maximum atomic E-state index is 11.7. The van der Waals surface area contributed by atoms with E-state index >= 15 is 0 Å². The molecule has 132 valence electrons. The molecular weight excluding hydrogens is 335 g/mol. The van der Waals surface area contributed by atoms with Gasteiger partial charge in [-0.1, -0.05) is 76.3 Å². The van der Waals surface area contributed by atoms with Crippen LogP contribution in [0, 0.1) is 0 Å². The normalized spacial score (nSPS) is 11.2. The first-order valence-electron chi connectivity index (χ1n) is 8.72. The van der Waals surface area contributed by atoms with Crippen molar-refractivity contribution in [1.29, 1.82) is 0 Å². The molecule has 0 saturated carbocycles. The summed E-state index contributed by atoms with van der Waals surface area (Å²) in [6, 6.07) is 3.67. The minimum atomic E-state index is -4.23. The van der Waals surface area contributed by atoms with Crippen LogP contribution >= 0.6 is 0 Å². The quantitative estimate of drug-likeness (QED) is 0.346. The van der Waals surface area contributed by atoms with Gasteiger partial charge in [0.15, 0.2) is 0 Å². The second kappa shape index (κ2) is 13.2. The third kappa shape index (κ3) is 10.0. The zero-order valence-electron chi connectivity index (χ0n) is 15.1. The molecule has 0 aliphatic carbocycles. The predicted molar refractivity (Wildman–Crippen MR) is 91.3 cm³/mol. The van der Waals surface area contributed by atoms with Crippen LogP contribution in [0.4, 0.5) is 0 Å². The molecular formula is C18H29NaO4S. The topological polar surface area (TPSA) is 77.4 Å². The molecule has 0 aromatic heterocycles. The Morgan fingerprint density at radius 3 is 1.92 bits per heavy atom. The summed E-state index contributed by atoms with van der Waals surface area (Å²) < 4.78 is 31.2. The van der Waals surface area contributed by atoms with E-state index in [4.69, 9.17) is 4.55 Å². The molecule has 0 aliphatic heterocycles. The van der Waals surface area contributed by atoms with E-state index in [1.165, 1.54) is 57.1 Å². The Morgan fingerprint density at radius 2 is 1.42 bits per heavy atom. The first-order valence-corrected chi connectivity index (χ1v) is 10.2. The van der Waals surface area contributed by atoms with Crippen molar-refractivity contribution in [3.63, 3.8) is 0 Å². The third-order valence-corrected chi connectivity index (χ3v) is 4.98. The Kier molecular flexibility index (Phi) is 13.1. The number of aryl methyl sites for hydroxylation is 1. The van der Waals surface area contributed by atoms with E-state index in [0.29, 0.717) is 12.0 Å². The Bertz CT molecular complexity index is 558. The summed E-state index contributed by atoms with van der Waals surface area (Å²) in [6.07, 6.45) is 12.7. The summed E-state index contributed by atoms with van der Waals surface area (Å²) in [5.74, 6) is -0.159. The van der Waals surface area contributed by atoms with E-state index in [2.05, 4.69) is 6.92 Å². The van der Waals surface area contributed by atoms with Gasteiger partial charge in [-0.3, -0.25) is 4.55 Å². The van der Waals surface area contributed by atoms with E-state index < -0.39 is 10.1 Å². The zero-order valence-corrected chi connectivity index (χ0v) is 17.9. The summed E-state index contributed by atoms with van der Waals surface area (Å²) in [4.78, 5) is -0.195. The Hall–Kier alpha value is -0.0700. The van der Waals surface area contributed by atoms with E-state index in [9.17, 15) is 13.5 Å². The molecule has 0 heterocycles. The van der Waals surface area contributed by atoms with Gasteiger partial charge in [0.2, 0.25) is 0 Å². The van der Waals surface area contributed by atoms with Crippen LogP contribution in [-0.2, 0) is 16.5 Å². The van der Waals surface area contributed by atoms with Crippen molar-refractivity contribution >= 4 is 10.1 Å². The molecule has 0 unspecified atom stereocenters. The van der Waals surface area contributed by atoms with Gasteiger partial charge in [0.1, 0.15) is 0 Å². The van der Waals surface area contributed by atoms with Gasteiger partial charge in [0.25, 0.3) is 10.1 Å².